The summed E-state index contributed by atoms with van der Waals surface area (Å²) in [6.45, 7) is 0. The van der Waals surface area contributed by atoms with Crippen LogP contribution in [0.25, 0.3) is 0 Å². The molecule has 1 fully saturated rings. The van der Waals surface area contributed by atoms with Gasteiger partial charge in [0, 0.05) is 18.9 Å². The van der Waals surface area contributed by atoms with Crippen molar-refractivity contribution in [2.45, 2.75) is 31.1 Å². The lowest BCUT2D eigenvalue weighted by Crippen LogP contribution is -2.40. The van der Waals surface area contributed by atoms with Gasteiger partial charge in [0.05, 0.1) is 17.2 Å². The molecular weight excluding hydrogens is 285 g/mol. The van der Waals surface area contributed by atoms with E-state index in [9.17, 15) is 4.79 Å². The Morgan fingerprint density at radius 3 is 2.53 bits per heavy atom. The summed E-state index contributed by atoms with van der Waals surface area (Å²) in [5.74, 6) is -0.0201. The second kappa shape index (κ2) is 5.70. The van der Waals surface area contributed by atoms with Crippen molar-refractivity contribution in [1.29, 1.82) is 0 Å². The molecule has 2 rings (SSSR count). The van der Waals surface area contributed by atoms with E-state index in [1.54, 1.807) is 13.1 Å². The molecule has 104 valence electrons. The molecule has 0 heterocycles. The molecule has 1 aromatic carbocycles. The Labute approximate surface area is 123 Å². The van der Waals surface area contributed by atoms with Crippen LogP contribution in [-0.4, -0.2) is 25.1 Å². The molecule has 0 bridgehead atoms. The van der Waals surface area contributed by atoms with Crippen molar-refractivity contribution in [3.8, 4) is 0 Å². The molecule has 0 aromatic heterocycles. The minimum Gasteiger partial charge on any atom is -0.275 e. The van der Waals surface area contributed by atoms with Crippen LogP contribution in [0, 0.1) is 0 Å². The quantitative estimate of drug-likeness (QED) is 0.791. The first-order valence-electron chi connectivity index (χ1n) is 6.25. The van der Waals surface area contributed by atoms with Gasteiger partial charge in [0.15, 0.2) is 0 Å². The predicted octanol–water partition coefficient (Wildman–Crippen LogP) is 3.83. The van der Waals surface area contributed by atoms with E-state index in [0.717, 1.165) is 24.8 Å². The Balaban J connectivity index is 2.22. The largest absolute Gasteiger partial charge is 0.275 e. The number of hydroxylamine groups is 2. The van der Waals surface area contributed by atoms with Crippen LogP contribution in [0.1, 0.15) is 31.2 Å². The van der Waals surface area contributed by atoms with Gasteiger partial charge in [-0.15, -0.1) is 0 Å². The van der Waals surface area contributed by atoms with E-state index in [1.165, 1.54) is 12.2 Å². The summed E-state index contributed by atoms with van der Waals surface area (Å²) in [7, 11) is 3.12. The summed E-state index contributed by atoms with van der Waals surface area (Å²) in [5.41, 5.74) is 0.976. The van der Waals surface area contributed by atoms with E-state index in [4.69, 9.17) is 28.0 Å². The van der Waals surface area contributed by atoms with Crippen LogP contribution in [0.3, 0.4) is 0 Å². The van der Waals surface area contributed by atoms with Crippen molar-refractivity contribution in [1.82, 2.24) is 5.06 Å². The van der Waals surface area contributed by atoms with Crippen LogP contribution in [0.5, 0.6) is 0 Å². The lowest BCUT2D eigenvalue weighted by atomic mass is 9.62. The number of carbonyl (C=O) groups excluding carboxylic acids is 1. The summed E-state index contributed by atoms with van der Waals surface area (Å²) in [5, 5.41) is 2.36. The first-order valence-corrected chi connectivity index (χ1v) is 7.00. The van der Waals surface area contributed by atoms with Crippen molar-refractivity contribution >= 4 is 29.1 Å². The van der Waals surface area contributed by atoms with E-state index < -0.39 is 0 Å². The molecule has 1 aliphatic carbocycles. The van der Waals surface area contributed by atoms with Gasteiger partial charge in [-0.05, 0) is 30.5 Å². The molecule has 1 saturated carbocycles. The number of hydrogen-bond donors (Lipinski definition) is 0. The number of benzene rings is 1. The molecule has 1 amide bonds. The van der Waals surface area contributed by atoms with Crippen LogP contribution in [0.15, 0.2) is 18.2 Å². The van der Waals surface area contributed by atoms with Gasteiger partial charge in [-0.3, -0.25) is 9.63 Å². The Bertz CT molecular complexity index is 486. The van der Waals surface area contributed by atoms with Crippen molar-refractivity contribution in [2.24, 2.45) is 0 Å². The van der Waals surface area contributed by atoms with E-state index in [-0.39, 0.29) is 11.3 Å². The third kappa shape index (κ3) is 2.88. The molecular formula is C14H17Cl2NO2. The molecule has 0 saturated heterocycles. The van der Waals surface area contributed by atoms with E-state index in [2.05, 4.69) is 0 Å². The fourth-order valence-corrected chi connectivity index (χ4v) is 2.80. The van der Waals surface area contributed by atoms with E-state index in [0.29, 0.717) is 16.5 Å². The number of halogens is 2. The maximum Gasteiger partial charge on any atom is 0.246 e. The maximum atomic E-state index is 12.0. The summed E-state index contributed by atoms with van der Waals surface area (Å²) < 4.78 is 0. The van der Waals surface area contributed by atoms with Crippen LogP contribution in [0.2, 0.25) is 10.0 Å². The fraction of sp³-hybridized carbons (Fsp3) is 0.500. The summed E-state index contributed by atoms with van der Waals surface area (Å²) in [6, 6.07) is 5.64. The van der Waals surface area contributed by atoms with Crippen molar-refractivity contribution < 1.29 is 9.63 Å². The smallest absolute Gasteiger partial charge is 0.246 e. The van der Waals surface area contributed by atoms with Gasteiger partial charge in [-0.2, -0.15) is 0 Å². The van der Waals surface area contributed by atoms with Gasteiger partial charge < -0.3 is 0 Å². The van der Waals surface area contributed by atoms with Crippen LogP contribution < -0.4 is 0 Å². The second-order valence-corrected chi connectivity index (χ2v) is 5.83. The molecule has 5 heteroatoms. The average molecular weight is 302 g/mol. The first-order chi connectivity index (χ1) is 8.98. The molecule has 1 aromatic rings. The van der Waals surface area contributed by atoms with Gasteiger partial charge in [-0.25, -0.2) is 5.06 Å². The zero-order valence-electron chi connectivity index (χ0n) is 11.1. The standard InChI is InChI=1S/C14H17Cl2NO2/c1-17(19-2)13(18)9-14(6-3-7-14)10-4-5-11(15)12(16)8-10/h4-5,8H,3,6-7,9H2,1-2H3. The highest BCUT2D eigenvalue weighted by Crippen LogP contribution is 2.47. The zero-order valence-corrected chi connectivity index (χ0v) is 12.6. The van der Waals surface area contributed by atoms with Crippen molar-refractivity contribution in [3.05, 3.63) is 33.8 Å². The van der Waals surface area contributed by atoms with Crippen LogP contribution >= 0.6 is 23.2 Å². The van der Waals surface area contributed by atoms with E-state index in [1.807, 2.05) is 12.1 Å². The minimum atomic E-state index is -0.113. The fourth-order valence-electron chi connectivity index (χ4n) is 2.50. The SMILES string of the molecule is CON(C)C(=O)CC1(c2ccc(Cl)c(Cl)c2)CCC1. The molecule has 0 radical (unpaired) electrons. The molecule has 3 nitrogen and oxygen atoms in total. The highest BCUT2D eigenvalue weighted by molar-refractivity contribution is 6.42. The highest BCUT2D eigenvalue weighted by atomic mass is 35.5. The number of carbonyl (C=O) groups is 1. The summed E-state index contributed by atoms with van der Waals surface area (Å²) >= 11 is 12.0. The topological polar surface area (TPSA) is 29.5 Å². The summed E-state index contributed by atoms with van der Waals surface area (Å²) in [4.78, 5) is 17.0. The number of hydrogen-bond acceptors (Lipinski definition) is 2. The van der Waals surface area contributed by atoms with Gasteiger partial charge in [-0.1, -0.05) is 35.7 Å². The normalized spacial score (nSPS) is 16.8. The minimum absolute atomic E-state index is 0.0201. The lowest BCUT2D eigenvalue weighted by molar-refractivity contribution is -0.171. The van der Waals surface area contributed by atoms with Gasteiger partial charge in [0.25, 0.3) is 0 Å². The molecule has 0 aliphatic heterocycles. The van der Waals surface area contributed by atoms with Gasteiger partial charge in [0.2, 0.25) is 5.91 Å². The van der Waals surface area contributed by atoms with Crippen molar-refractivity contribution in [3.63, 3.8) is 0 Å². The highest BCUT2D eigenvalue weighted by Gasteiger charge is 2.41. The van der Waals surface area contributed by atoms with Gasteiger partial charge >= 0.3 is 0 Å². The van der Waals surface area contributed by atoms with Crippen molar-refractivity contribution in [2.75, 3.05) is 14.2 Å². The van der Waals surface area contributed by atoms with Crippen LogP contribution in [0.4, 0.5) is 0 Å². The third-order valence-corrected chi connectivity index (χ3v) is 4.70. The molecule has 0 spiro atoms. The number of rotatable bonds is 4. The monoisotopic (exact) mass is 301 g/mol. The predicted molar refractivity (Wildman–Crippen MR) is 76.4 cm³/mol. The lowest BCUT2D eigenvalue weighted by Gasteiger charge is -2.42. The second-order valence-electron chi connectivity index (χ2n) is 5.01. The molecule has 0 atom stereocenters. The number of amides is 1. The van der Waals surface area contributed by atoms with Gasteiger partial charge in [0.1, 0.15) is 0 Å². The first kappa shape index (κ1) is 14.6. The average Bonchev–Trinajstić information content (AvgIpc) is 2.36. The Hall–Kier alpha value is -0.770. The summed E-state index contributed by atoms with van der Waals surface area (Å²) in [6.07, 6.45) is 3.56. The van der Waals surface area contributed by atoms with E-state index >= 15 is 0 Å². The Morgan fingerprint density at radius 1 is 1.37 bits per heavy atom. The third-order valence-electron chi connectivity index (χ3n) is 3.96. The zero-order chi connectivity index (χ0) is 14.0. The molecule has 1 aliphatic rings. The molecule has 19 heavy (non-hydrogen) atoms. The maximum absolute atomic E-state index is 12.0. The Kier molecular flexibility index (Phi) is 4.39. The molecule has 0 unspecified atom stereocenters. The molecule has 0 N–H and O–H groups in total. The Morgan fingerprint density at radius 2 is 2.05 bits per heavy atom. The number of nitrogens with zero attached hydrogens (tertiary/aromatic N) is 1. The van der Waals surface area contributed by atoms with Crippen LogP contribution in [-0.2, 0) is 15.0 Å².